The van der Waals surface area contributed by atoms with E-state index in [1.54, 1.807) is 0 Å². The molecule has 0 aromatic carbocycles. The van der Waals surface area contributed by atoms with E-state index in [1.165, 1.54) is 0 Å². The number of nitrogens with one attached hydrogen (secondary N) is 1. The predicted octanol–water partition coefficient (Wildman–Crippen LogP) is 0.205. The van der Waals surface area contributed by atoms with Gasteiger partial charge in [-0.15, -0.1) is 0 Å². The van der Waals surface area contributed by atoms with Crippen molar-refractivity contribution in [2.24, 2.45) is 0 Å². The van der Waals surface area contributed by atoms with E-state index in [1.807, 2.05) is 6.20 Å². The predicted molar refractivity (Wildman–Crippen MR) is 29.2 cm³/mol. The summed E-state index contributed by atoms with van der Waals surface area (Å²) in [5.74, 6) is 0.341. The minimum atomic E-state index is 0.341. The summed E-state index contributed by atoms with van der Waals surface area (Å²) in [6.45, 7) is 0. The first-order valence-corrected chi connectivity index (χ1v) is 2.84. The Bertz CT molecular complexity index is 169. The van der Waals surface area contributed by atoms with Crippen molar-refractivity contribution in [3.63, 3.8) is 0 Å². The van der Waals surface area contributed by atoms with E-state index < -0.39 is 0 Å². The number of hydrogen-bond donors (Lipinski definition) is 1. The minimum Gasteiger partial charge on any atom is -0.387 e. The van der Waals surface area contributed by atoms with E-state index in [9.17, 15) is 4.79 Å². The molecule has 0 aromatic rings. The molecule has 1 aliphatic heterocycles. The van der Waals surface area contributed by atoms with Crippen molar-refractivity contribution in [2.75, 3.05) is 0 Å². The number of carbonyl (C=O) groups is 1. The highest BCUT2D eigenvalue weighted by molar-refractivity contribution is 5.99. The molecule has 8 heavy (non-hydrogen) atoms. The van der Waals surface area contributed by atoms with Crippen LogP contribution in [0.15, 0.2) is 11.8 Å². The van der Waals surface area contributed by atoms with E-state index >= 15 is 0 Å². The Morgan fingerprint density at radius 3 is 2.75 bits per heavy atom. The molecule has 1 heterocycles. The molecule has 1 atom stereocenters. The summed E-state index contributed by atoms with van der Waals surface area (Å²) in [6.07, 6.45) is 3.54. The van der Waals surface area contributed by atoms with Crippen LogP contribution in [0.1, 0.15) is 12.8 Å². The molecule has 0 saturated heterocycles. The zero-order chi connectivity index (χ0) is 5.56. The highest BCUT2D eigenvalue weighted by Gasteiger charge is 2.30. The zero-order valence-corrected chi connectivity index (χ0v) is 4.48. The lowest BCUT2D eigenvalue weighted by Gasteiger charge is -2.03. The van der Waals surface area contributed by atoms with Gasteiger partial charge in [-0.2, -0.15) is 0 Å². The maximum Gasteiger partial charge on any atom is 0.162 e. The normalized spacial score (nSPS) is 32.8. The van der Waals surface area contributed by atoms with E-state index in [4.69, 9.17) is 0 Å². The van der Waals surface area contributed by atoms with Crippen LogP contribution < -0.4 is 5.32 Å². The third kappa shape index (κ3) is 0.351. The van der Waals surface area contributed by atoms with E-state index in [2.05, 4.69) is 5.32 Å². The molecule has 42 valence electrons. The third-order valence-electron chi connectivity index (χ3n) is 1.75. The number of Topliss-reactive ketones (excluding diaryl/α,β-unsaturated/α-hetero) is 1. The number of ketones is 1. The van der Waals surface area contributed by atoms with Crippen molar-refractivity contribution >= 4 is 5.78 Å². The molecular formula is C6H7NO. The van der Waals surface area contributed by atoms with Crippen LogP contribution in [0, 0.1) is 0 Å². The fourth-order valence-corrected chi connectivity index (χ4v) is 1.28. The quantitative estimate of drug-likeness (QED) is 0.481. The Morgan fingerprint density at radius 2 is 2.50 bits per heavy atom. The molecule has 2 nitrogen and oxygen atoms in total. The van der Waals surface area contributed by atoms with Gasteiger partial charge in [0.15, 0.2) is 5.78 Å². The Morgan fingerprint density at radius 1 is 1.62 bits per heavy atom. The summed E-state index contributed by atoms with van der Waals surface area (Å²) in [5, 5.41) is 3.10. The van der Waals surface area contributed by atoms with Crippen LogP contribution in [-0.4, -0.2) is 11.8 Å². The topological polar surface area (TPSA) is 29.1 Å². The average Bonchev–Trinajstić information content (AvgIpc) is 2.23. The molecule has 2 aliphatic rings. The summed E-state index contributed by atoms with van der Waals surface area (Å²) in [6, 6.07) is 0.456. The number of hydrogen-bond acceptors (Lipinski definition) is 2. The molecule has 2 bridgehead atoms. The van der Waals surface area contributed by atoms with E-state index in [0.29, 0.717) is 11.8 Å². The summed E-state index contributed by atoms with van der Waals surface area (Å²) >= 11 is 0. The first-order chi connectivity index (χ1) is 3.86. The van der Waals surface area contributed by atoms with Gasteiger partial charge in [0.2, 0.25) is 0 Å². The Labute approximate surface area is 47.6 Å². The molecule has 0 aromatic heterocycles. The van der Waals surface area contributed by atoms with Gasteiger partial charge in [-0.3, -0.25) is 4.79 Å². The monoisotopic (exact) mass is 109 g/mol. The van der Waals surface area contributed by atoms with Gasteiger partial charge >= 0.3 is 0 Å². The summed E-state index contributed by atoms with van der Waals surface area (Å²) in [4.78, 5) is 10.7. The first kappa shape index (κ1) is 4.13. The van der Waals surface area contributed by atoms with Crippen LogP contribution in [0.2, 0.25) is 0 Å². The van der Waals surface area contributed by atoms with Crippen LogP contribution in [0.5, 0.6) is 0 Å². The van der Waals surface area contributed by atoms with Crippen LogP contribution in [-0.2, 0) is 4.79 Å². The van der Waals surface area contributed by atoms with Gasteiger partial charge < -0.3 is 5.32 Å². The highest BCUT2D eigenvalue weighted by Crippen LogP contribution is 2.25. The number of fused-ring (bicyclic) bond motifs is 2. The second-order valence-electron chi connectivity index (χ2n) is 2.36. The van der Waals surface area contributed by atoms with Crippen molar-refractivity contribution in [2.45, 2.75) is 18.9 Å². The summed E-state index contributed by atoms with van der Waals surface area (Å²) in [7, 11) is 0. The molecular weight excluding hydrogens is 102 g/mol. The van der Waals surface area contributed by atoms with Crippen molar-refractivity contribution in [3.8, 4) is 0 Å². The SMILES string of the molecule is O=C1CC2CC1=CN2. The van der Waals surface area contributed by atoms with Crippen molar-refractivity contribution in [1.29, 1.82) is 0 Å². The Kier molecular flexibility index (Phi) is 0.583. The molecule has 1 aliphatic carbocycles. The van der Waals surface area contributed by atoms with Gasteiger partial charge in [-0.05, 0) is 6.42 Å². The molecule has 0 amide bonds. The van der Waals surface area contributed by atoms with Crippen LogP contribution in [0.3, 0.4) is 0 Å². The van der Waals surface area contributed by atoms with Gasteiger partial charge in [0, 0.05) is 24.2 Å². The van der Waals surface area contributed by atoms with Crippen LogP contribution in [0.25, 0.3) is 0 Å². The third-order valence-corrected chi connectivity index (χ3v) is 1.75. The molecule has 2 heteroatoms. The Balaban J connectivity index is 2.40. The highest BCUT2D eigenvalue weighted by atomic mass is 16.1. The fourth-order valence-electron chi connectivity index (χ4n) is 1.28. The van der Waals surface area contributed by atoms with E-state index in [-0.39, 0.29) is 0 Å². The zero-order valence-electron chi connectivity index (χ0n) is 4.48. The van der Waals surface area contributed by atoms with Gasteiger partial charge in [-0.25, -0.2) is 0 Å². The minimum absolute atomic E-state index is 0.341. The fraction of sp³-hybridized carbons (Fsp3) is 0.500. The van der Waals surface area contributed by atoms with Crippen molar-refractivity contribution in [1.82, 2.24) is 5.32 Å². The summed E-state index contributed by atoms with van der Waals surface area (Å²) in [5.41, 5.74) is 0.995. The van der Waals surface area contributed by atoms with Crippen LogP contribution in [0.4, 0.5) is 0 Å². The molecule has 0 spiro atoms. The van der Waals surface area contributed by atoms with Gasteiger partial charge in [-0.1, -0.05) is 0 Å². The lowest BCUT2D eigenvalue weighted by atomic mass is 10.2. The van der Waals surface area contributed by atoms with Gasteiger partial charge in [0.25, 0.3) is 0 Å². The first-order valence-electron chi connectivity index (χ1n) is 2.84. The lowest BCUT2D eigenvalue weighted by Crippen LogP contribution is -2.20. The van der Waals surface area contributed by atoms with Crippen molar-refractivity contribution in [3.05, 3.63) is 11.8 Å². The van der Waals surface area contributed by atoms with E-state index in [0.717, 1.165) is 18.4 Å². The molecule has 1 unspecified atom stereocenters. The van der Waals surface area contributed by atoms with Crippen LogP contribution >= 0.6 is 0 Å². The second-order valence-corrected chi connectivity index (χ2v) is 2.36. The molecule has 0 radical (unpaired) electrons. The number of rotatable bonds is 0. The van der Waals surface area contributed by atoms with Gasteiger partial charge in [0.05, 0.1) is 0 Å². The largest absolute Gasteiger partial charge is 0.387 e. The smallest absolute Gasteiger partial charge is 0.162 e. The lowest BCUT2D eigenvalue weighted by molar-refractivity contribution is -0.114. The van der Waals surface area contributed by atoms with Gasteiger partial charge in [0.1, 0.15) is 0 Å². The molecule has 1 fully saturated rings. The Hall–Kier alpha value is -0.790. The molecule has 1 N–H and O–H groups in total. The average molecular weight is 109 g/mol. The standard InChI is InChI=1S/C6H7NO/c8-6-2-5-1-4(6)3-7-5/h3,5,7H,1-2H2. The summed E-state index contributed by atoms with van der Waals surface area (Å²) < 4.78 is 0. The molecule has 1 saturated carbocycles. The number of carbonyl (C=O) groups excluding carboxylic acids is 1. The molecule has 2 rings (SSSR count). The second kappa shape index (κ2) is 1.13. The maximum absolute atomic E-state index is 10.7. The van der Waals surface area contributed by atoms with Crippen molar-refractivity contribution < 1.29 is 4.79 Å². The maximum atomic E-state index is 10.7.